The summed E-state index contributed by atoms with van der Waals surface area (Å²) in [5.74, 6) is 0. The summed E-state index contributed by atoms with van der Waals surface area (Å²) >= 11 is 2.22. The number of fused-ring (bicyclic) bond motifs is 1. The minimum Gasteiger partial charge on any atom is -0.384 e. The Morgan fingerprint density at radius 3 is 2.43 bits per heavy atom. The van der Waals surface area contributed by atoms with Gasteiger partial charge in [-0.05, 0) is 51.9 Å². The predicted octanol–water partition coefficient (Wildman–Crippen LogP) is 2.56. The Morgan fingerprint density at radius 2 is 1.71 bits per heavy atom. The summed E-state index contributed by atoms with van der Waals surface area (Å²) in [5, 5.41) is 10.6. The smallest absolute Gasteiger partial charge is 0.328 e. The third-order valence-corrected chi connectivity index (χ3v) is 4.79. The van der Waals surface area contributed by atoms with Crippen molar-refractivity contribution in [2.75, 3.05) is 0 Å². The van der Waals surface area contributed by atoms with Gasteiger partial charge < -0.3 is 5.11 Å². The maximum Gasteiger partial charge on any atom is 0.328 e. The second-order valence-electron chi connectivity index (χ2n) is 5.07. The maximum absolute atomic E-state index is 12.0. The zero-order valence-electron chi connectivity index (χ0n) is 11.7. The lowest BCUT2D eigenvalue weighted by molar-refractivity contribution is 0.219. The molecule has 1 unspecified atom stereocenters. The summed E-state index contributed by atoms with van der Waals surface area (Å²) in [5.41, 5.74) is 3.28. The maximum atomic E-state index is 12.0. The monoisotopic (exact) mass is 394 g/mol. The van der Waals surface area contributed by atoms with Crippen molar-refractivity contribution >= 4 is 33.6 Å². The molecule has 1 aromatic heterocycles. The molecular weight excluding hydrogens is 379 g/mol. The van der Waals surface area contributed by atoms with Crippen LogP contribution in [-0.4, -0.2) is 14.2 Å². The molecule has 108 valence electrons. The molecule has 1 N–H and O–H groups in total. The predicted molar refractivity (Wildman–Crippen MR) is 91.4 cm³/mol. The average Bonchev–Trinajstić information content (AvgIpc) is 2.71. The van der Waals surface area contributed by atoms with Gasteiger partial charge in [-0.25, -0.2) is 4.79 Å². The van der Waals surface area contributed by atoms with Crippen LogP contribution in [0.4, 0.5) is 0 Å². The van der Waals surface area contributed by atoms with E-state index in [2.05, 4.69) is 22.6 Å². The molecule has 0 fully saturated rings. The minimum atomic E-state index is -0.696. The highest BCUT2D eigenvalue weighted by Crippen LogP contribution is 2.27. The first-order valence-electron chi connectivity index (χ1n) is 6.58. The van der Waals surface area contributed by atoms with Crippen molar-refractivity contribution in [2.24, 2.45) is 14.1 Å². The average molecular weight is 394 g/mol. The van der Waals surface area contributed by atoms with Crippen LogP contribution in [-0.2, 0) is 14.1 Å². The quantitative estimate of drug-likeness (QED) is 0.680. The topological polar surface area (TPSA) is 47.2 Å². The SMILES string of the molecule is Cn1c(=O)n(C)c2cc(C(O)c3ccccc3I)ccc21. The normalized spacial score (nSPS) is 12.8. The number of aliphatic hydroxyl groups excluding tert-OH is 1. The lowest BCUT2D eigenvalue weighted by Crippen LogP contribution is -2.19. The van der Waals surface area contributed by atoms with Gasteiger partial charge >= 0.3 is 5.69 Å². The van der Waals surface area contributed by atoms with E-state index in [0.717, 1.165) is 25.7 Å². The molecule has 4 nitrogen and oxygen atoms in total. The highest BCUT2D eigenvalue weighted by atomic mass is 127. The van der Waals surface area contributed by atoms with E-state index in [0.29, 0.717) is 0 Å². The van der Waals surface area contributed by atoms with E-state index >= 15 is 0 Å². The van der Waals surface area contributed by atoms with Gasteiger partial charge in [-0.1, -0.05) is 24.3 Å². The first kappa shape index (κ1) is 14.3. The number of hydrogen-bond donors (Lipinski definition) is 1. The Morgan fingerprint density at radius 1 is 1.05 bits per heavy atom. The molecule has 1 heterocycles. The van der Waals surface area contributed by atoms with Crippen molar-refractivity contribution < 1.29 is 5.11 Å². The van der Waals surface area contributed by atoms with E-state index in [1.54, 1.807) is 23.2 Å². The van der Waals surface area contributed by atoms with Gasteiger partial charge in [0, 0.05) is 17.7 Å². The number of halogens is 1. The van der Waals surface area contributed by atoms with Gasteiger partial charge in [0.2, 0.25) is 0 Å². The van der Waals surface area contributed by atoms with E-state index < -0.39 is 6.10 Å². The molecule has 0 amide bonds. The molecular formula is C16H15IN2O2. The molecule has 3 rings (SSSR count). The lowest BCUT2D eigenvalue weighted by Gasteiger charge is -2.13. The van der Waals surface area contributed by atoms with Gasteiger partial charge in [-0.3, -0.25) is 9.13 Å². The number of aryl methyl sites for hydroxylation is 2. The number of hydrogen-bond acceptors (Lipinski definition) is 2. The van der Waals surface area contributed by atoms with E-state index in [9.17, 15) is 9.90 Å². The zero-order valence-corrected chi connectivity index (χ0v) is 13.9. The number of rotatable bonds is 2. The molecule has 1 atom stereocenters. The molecule has 0 spiro atoms. The highest BCUT2D eigenvalue weighted by molar-refractivity contribution is 14.1. The molecule has 0 aliphatic heterocycles. The Hall–Kier alpha value is -1.60. The number of aliphatic hydroxyl groups is 1. The van der Waals surface area contributed by atoms with Crippen LogP contribution in [0, 0.1) is 3.57 Å². The molecule has 0 aliphatic rings. The fourth-order valence-corrected chi connectivity index (χ4v) is 3.25. The number of imidazole rings is 1. The third-order valence-electron chi connectivity index (χ3n) is 3.81. The van der Waals surface area contributed by atoms with Crippen LogP contribution in [0.1, 0.15) is 17.2 Å². The summed E-state index contributed by atoms with van der Waals surface area (Å²) in [7, 11) is 3.49. The van der Waals surface area contributed by atoms with Gasteiger partial charge in [0.1, 0.15) is 6.10 Å². The Bertz CT molecular complexity index is 880. The van der Waals surface area contributed by atoms with Crippen LogP contribution in [0.15, 0.2) is 47.3 Å². The largest absolute Gasteiger partial charge is 0.384 e. The minimum absolute atomic E-state index is 0.0640. The fraction of sp³-hybridized carbons (Fsp3) is 0.188. The molecule has 3 aromatic rings. The molecule has 0 saturated carbocycles. The molecule has 0 radical (unpaired) electrons. The zero-order chi connectivity index (χ0) is 15.1. The third kappa shape index (κ3) is 2.30. The van der Waals surface area contributed by atoms with Crippen molar-refractivity contribution in [3.8, 4) is 0 Å². The second-order valence-corrected chi connectivity index (χ2v) is 6.23. The van der Waals surface area contributed by atoms with Gasteiger partial charge in [0.25, 0.3) is 0 Å². The van der Waals surface area contributed by atoms with Crippen LogP contribution >= 0.6 is 22.6 Å². The van der Waals surface area contributed by atoms with Crippen LogP contribution in [0.2, 0.25) is 0 Å². The van der Waals surface area contributed by atoms with E-state index in [1.807, 2.05) is 42.5 Å². The summed E-state index contributed by atoms with van der Waals surface area (Å²) in [4.78, 5) is 12.0. The fourth-order valence-electron chi connectivity index (χ4n) is 2.57. The van der Waals surface area contributed by atoms with Crippen molar-refractivity contribution in [1.29, 1.82) is 0 Å². The molecule has 0 aliphatic carbocycles. The van der Waals surface area contributed by atoms with Crippen molar-refractivity contribution in [3.05, 3.63) is 67.6 Å². The highest BCUT2D eigenvalue weighted by Gasteiger charge is 2.15. The summed E-state index contributed by atoms with van der Waals surface area (Å²) in [6, 6.07) is 13.4. The van der Waals surface area contributed by atoms with E-state index in [1.165, 1.54) is 0 Å². The first-order chi connectivity index (χ1) is 10.0. The number of nitrogens with zero attached hydrogens (tertiary/aromatic N) is 2. The molecule has 2 aromatic carbocycles. The van der Waals surface area contributed by atoms with Gasteiger partial charge in [0.15, 0.2) is 0 Å². The van der Waals surface area contributed by atoms with Crippen molar-refractivity contribution in [1.82, 2.24) is 9.13 Å². The van der Waals surface area contributed by atoms with Gasteiger partial charge in [0.05, 0.1) is 11.0 Å². The van der Waals surface area contributed by atoms with Crippen LogP contribution in [0.5, 0.6) is 0 Å². The summed E-state index contributed by atoms with van der Waals surface area (Å²) in [6.07, 6.45) is -0.696. The summed E-state index contributed by atoms with van der Waals surface area (Å²) < 4.78 is 4.23. The first-order valence-corrected chi connectivity index (χ1v) is 7.66. The van der Waals surface area contributed by atoms with E-state index in [-0.39, 0.29) is 5.69 Å². The lowest BCUT2D eigenvalue weighted by atomic mass is 10.0. The number of aromatic nitrogens is 2. The standard InChI is InChI=1S/C16H15IN2O2/c1-18-13-8-7-10(9-14(13)19(2)16(18)21)15(20)11-5-3-4-6-12(11)17/h3-9,15,20H,1-2H3. The number of benzene rings is 2. The molecule has 5 heteroatoms. The Labute approximate surface area is 135 Å². The van der Waals surface area contributed by atoms with Gasteiger partial charge in [-0.15, -0.1) is 0 Å². The molecule has 0 saturated heterocycles. The Kier molecular flexibility index (Phi) is 3.62. The van der Waals surface area contributed by atoms with Gasteiger partial charge in [-0.2, -0.15) is 0 Å². The molecule has 21 heavy (non-hydrogen) atoms. The van der Waals surface area contributed by atoms with Crippen molar-refractivity contribution in [3.63, 3.8) is 0 Å². The van der Waals surface area contributed by atoms with Crippen LogP contribution < -0.4 is 5.69 Å². The summed E-state index contributed by atoms with van der Waals surface area (Å²) in [6.45, 7) is 0. The van der Waals surface area contributed by atoms with Crippen LogP contribution in [0.3, 0.4) is 0 Å². The second kappa shape index (κ2) is 5.31. The van der Waals surface area contributed by atoms with Crippen molar-refractivity contribution in [2.45, 2.75) is 6.10 Å². The Balaban J connectivity index is 2.16. The van der Waals surface area contributed by atoms with E-state index in [4.69, 9.17) is 0 Å². The molecule has 0 bridgehead atoms. The van der Waals surface area contributed by atoms with Crippen LogP contribution in [0.25, 0.3) is 11.0 Å².